The van der Waals surface area contributed by atoms with Gasteiger partial charge in [-0.3, -0.25) is 4.79 Å². The molecule has 0 saturated heterocycles. The lowest BCUT2D eigenvalue weighted by Crippen LogP contribution is -2.24. The molecule has 2 nitrogen and oxygen atoms in total. The van der Waals surface area contributed by atoms with E-state index in [1.807, 2.05) is 6.07 Å². The van der Waals surface area contributed by atoms with Gasteiger partial charge in [0.2, 0.25) is 0 Å². The van der Waals surface area contributed by atoms with Gasteiger partial charge in [-0.05, 0) is 25.0 Å². The number of aldehydes is 1. The van der Waals surface area contributed by atoms with E-state index in [-0.39, 0.29) is 0 Å². The number of rotatable bonds is 12. The number of hydrogen-bond acceptors (Lipinski definition) is 3. The Morgan fingerprint density at radius 2 is 1.55 bits per heavy atom. The maximum Gasteiger partial charge on any atom is 0.160 e. The third-order valence-corrected chi connectivity index (χ3v) is 4.68. The van der Waals surface area contributed by atoms with Crippen molar-refractivity contribution in [1.82, 2.24) is 0 Å². The van der Waals surface area contributed by atoms with Gasteiger partial charge in [-0.15, -0.1) is 11.3 Å². The largest absolute Gasteiger partial charge is 0.363 e. The first kappa shape index (κ1) is 17.2. The first-order valence-electron chi connectivity index (χ1n) is 8.11. The van der Waals surface area contributed by atoms with Crippen LogP contribution in [0.2, 0.25) is 0 Å². The molecule has 0 atom stereocenters. The van der Waals surface area contributed by atoms with E-state index in [4.69, 9.17) is 0 Å². The third kappa shape index (κ3) is 6.56. The molecular weight excluding hydrogens is 266 g/mol. The second-order valence-corrected chi connectivity index (χ2v) is 6.50. The Morgan fingerprint density at radius 3 is 2.00 bits per heavy atom. The van der Waals surface area contributed by atoms with E-state index in [0.717, 1.165) is 24.3 Å². The summed E-state index contributed by atoms with van der Waals surface area (Å²) in [6.45, 7) is 6.76. The Bertz CT molecular complexity index is 350. The van der Waals surface area contributed by atoms with Crippen LogP contribution in [0.3, 0.4) is 0 Å². The van der Waals surface area contributed by atoms with E-state index >= 15 is 0 Å². The van der Waals surface area contributed by atoms with Gasteiger partial charge in [-0.2, -0.15) is 0 Å². The van der Waals surface area contributed by atoms with Crippen LogP contribution in [0.15, 0.2) is 12.1 Å². The van der Waals surface area contributed by atoms with Gasteiger partial charge in [0.05, 0.1) is 9.88 Å². The smallest absolute Gasteiger partial charge is 0.160 e. The summed E-state index contributed by atoms with van der Waals surface area (Å²) < 4.78 is 0. The molecule has 0 aromatic carbocycles. The van der Waals surface area contributed by atoms with Crippen LogP contribution in [0.5, 0.6) is 0 Å². The predicted octanol–water partition coefficient (Wildman–Crippen LogP) is 5.53. The summed E-state index contributed by atoms with van der Waals surface area (Å²) >= 11 is 1.63. The molecule has 0 spiro atoms. The first-order chi connectivity index (χ1) is 9.81. The summed E-state index contributed by atoms with van der Waals surface area (Å²) in [4.78, 5) is 14.1. The number of hydrogen-bond donors (Lipinski definition) is 0. The van der Waals surface area contributed by atoms with E-state index in [1.54, 1.807) is 11.3 Å². The van der Waals surface area contributed by atoms with Gasteiger partial charge in [-0.1, -0.05) is 52.4 Å². The number of anilines is 1. The molecule has 0 N–H and O–H groups in total. The lowest BCUT2D eigenvalue weighted by molar-refractivity contribution is 0.112. The quantitative estimate of drug-likeness (QED) is 0.373. The van der Waals surface area contributed by atoms with Crippen molar-refractivity contribution < 1.29 is 4.79 Å². The Morgan fingerprint density at radius 1 is 0.950 bits per heavy atom. The van der Waals surface area contributed by atoms with Crippen molar-refractivity contribution in [1.29, 1.82) is 0 Å². The molecule has 1 aromatic heterocycles. The zero-order chi connectivity index (χ0) is 14.6. The number of thiophene rings is 1. The summed E-state index contributed by atoms with van der Waals surface area (Å²) in [6, 6.07) is 4.05. The predicted molar refractivity (Wildman–Crippen MR) is 90.2 cm³/mol. The number of unbranched alkanes of at least 4 members (excludes halogenated alkanes) is 6. The van der Waals surface area contributed by atoms with Crippen molar-refractivity contribution >= 4 is 22.6 Å². The minimum absolute atomic E-state index is 0.840. The zero-order valence-corrected chi connectivity index (χ0v) is 13.9. The molecule has 0 unspecified atom stereocenters. The van der Waals surface area contributed by atoms with E-state index < -0.39 is 0 Å². The lowest BCUT2D eigenvalue weighted by Gasteiger charge is -2.23. The van der Waals surface area contributed by atoms with Crippen LogP contribution in [-0.2, 0) is 0 Å². The van der Waals surface area contributed by atoms with Crippen LogP contribution in [0, 0.1) is 0 Å². The highest BCUT2D eigenvalue weighted by molar-refractivity contribution is 7.17. The topological polar surface area (TPSA) is 20.3 Å². The number of nitrogens with zero attached hydrogens (tertiary/aromatic N) is 1. The molecular formula is C17H29NOS. The van der Waals surface area contributed by atoms with Crippen LogP contribution in [0.25, 0.3) is 0 Å². The highest BCUT2D eigenvalue weighted by atomic mass is 32.1. The van der Waals surface area contributed by atoms with Crippen molar-refractivity contribution in [2.75, 3.05) is 18.0 Å². The molecule has 3 heteroatoms. The van der Waals surface area contributed by atoms with E-state index in [2.05, 4.69) is 24.8 Å². The van der Waals surface area contributed by atoms with E-state index in [1.165, 1.54) is 56.4 Å². The van der Waals surface area contributed by atoms with Crippen LogP contribution < -0.4 is 4.90 Å². The second kappa shape index (κ2) is 10.9. The standard InChI is InChI=1S/C17H29NOS/c1-3-5-7-9-13-18(14-10-8-6-4-2)17-12-11-16(15-19)20-17/h11-12,15H,3-10,13-14H2,1-2H3. The molecule has 1 heterocycles. The van der Waals surface area contributed by atoms with Gasteiger partial charge >= 0.3 is 0 Å². The Labute approximate surface area is 128 Å². The van der Waals surface area contributed by atoms with E-state index in [0.29, 0.717) is 0 Å². The molecule has 0 radical (unpaired) electrons. The van der Waals surface area contributed by atoms with Gasteiger partial charge in [0.15, 0.2) is 6.29 Å². The van der Waals surface area contributed by atoms with Crippen molar-refractivity contribution in [2.45, 2.75) is 65.2 Å². The average molecular weight is 295 g/mol. The Balaban J connectivity index is 2.46. The van der Waals surface area contributed by atoms with Crippen molar-refractivity contribution in [3.63, 3.8) is 0 Å². The minimum Gasteiger partial charge on any atom is -0.363 e. The first-order valence-corrected chi connectivity index (χ1v) is 8.93. The SMILES string of the molecule is CCCCCCN(CCCCCC)c1ccc(C=O)s1. The summed E-state index contributed by atoms with van der Waals surface area (Å²) in [5, 5.41) is 1.26. The third-order valence-electron chi connectivity index (χ3n) is 3.60. The highest BCUT2D eigenvalue weighted by Crippen LogP contribution is 2.26. The molecule has 20 heavy (non-hydrogen) atoms. The molecule has 0 amide bonds. The minimum atomic E-state index is 0.840. The zero-order valence-electron chi connectivity index (χ0n) is 13.1. The number of carbonyl (C=O) groups excluding carboxylic acids is 1. The Hall–Kier alpha value is -0.830. The normalized spacial score (nSPS) is 10.7. The van der Waals surface area contributed by atoms with Crippen LogP contribution >= 0.6 is 11.3 Å². The average Bonchev–Trinajstić information content (AvgIpc) is 2.94. The maximum absolute atomic E-state index is 10.8. The Kier molecular flexibility index (Phi) is 9.38. The molecule has 0 aliphatic rings. The summed E-state index contributed by atoms with van der Waals surface area (Å²) in [5.74, 6) is 0. The van der Waals surface area contributed by atoms with Crippen LogP contribution in [-0.4, -0.2) is 19.4 Å². The lowest BCUT2D eigenvalue weighted by atomic mass is 10.1. The van der Waals surface area contributed by atoms with E-state index in [9.17, 15) is 4.79 Å². The molecule has 1 rings (SSSR count). The van der Waals surface area contributed by atoms with Gasteiger partial charge in [-0.25, -0.2) is 0 Å². The fraction of sp³-hybridized carbons (Fsp3) is 0.706. The van der Waals surface area contributed by atoms with Crippen molar-refractivity contribution in [3.05, 3.63) is 17.0 Å². The molecule has 0 aliphatic carbocycles. The maximum atomic E-state index is 10.8. The monoisotopic (exact) mass is 295 g/mol. The van der Waals surface area contributed by atoms with Gasteiger partial charge in [0.1, 0.15) is 0 Å². The highest BCUT2D eigenvalue weighted by Gasteiger charge is 2.09. The van der Waals surface area contributed by atoms with Crippen LogP contribution in [0.4, 0.5) is 5.00 Å². The molecule has 0 saturated carbocycles. The van der Waals surface area contributed by atoms with Crippen molar-refractivity contribution in [3.8, 4) is 0 Å². The molecule has 1 aromatic rings. The summed E-state index contributed by atoms with van der Waals surface area (Å²) in [5.41, 5.74) is 0. The summed E-state index contributed by atoms with van der Waals surface area (Å²) in [6.07, 6.45) is 11.3. The fourth-order valence-electron chi connectivity index (χ4n) is 2.37. The van der Waals surface area contributed by atoms with Crippen molar-refractivity contribution in [2.24, 2.45) is 0 Å². The number of carbonyl (C=O) groups is 1. The van der Waals surface area contributed by atoms with Gasteiger partial charge < -0.3 is 4.90 Å². The van der Waals surface area contributed by atoms with Gasteiger partial charge in [0, 0.05) is 13.1 Å². The molecule has 0 bridgehead atoms. The summed E-state index contributed by atoms with van der Waals surface area (Å²) in [7, 11) is 0. The second-order valence-electron chi connectivity index (χ2n) is 5.40. The molecule has 0 aliphatic heterocycles. The molecule has 0 fully saturated rings. The molecule has 114 valence electrons. The van der Waals surface area contributed by atoms with Crippen LogP contribution in [0.1, 0.15) is 74.9 Å². The van der Waals surface area contributed by atoms with Gasteiger partial charge in [0.25, 0.3) is 0 Å². The fourth-order valence-corrected chi connectivity index (χ4v) is 3.24.